The third-order valence-corrected chi connectivity index (χ3v) is 4.14. The van der Waals surface area contributed by atoms with Crippen LogP contribution in [-0.2, 0) is 0 Å². The maximum atomic E-state index is 11.5. The lowest BCUT2D eigenvalue weighted by Crippen LogP contribution is -2.20. The Bertz CT molecular complexity index is 501. The first kappa shape index (κ1) is 13.7. The number of thioether (sulfide) groups is 1. The zero-order valence-corrected chi connectivity index (χ0v) is 11.3. The van der Waals surface area contributed by atoms with Gasteiger partial charge in [0.1, 0.15) is 5.69 Å². The van der Waals surface area contributed by atoms with Gasteiger partial charge in [0.2, 0.25) is 0 Å². The second-order valence-electron chi connectivity index (χ2n) is 4.27. The first-order valence-corrected chi connectivity index (χ1v) is 7.12. The molecule has 1 saturated heterocycles. The number of carbonyl (C=O) groups is 1. The van der Waals surface area contributed by atoms with E-state index in [-0.39, 0.29) is 17.6 Å². The highest BCUT2D eigenvalue weighted by molar-refractivity contribution is 7.99. The van der Waals surface area contributed by atoms with E-state index in [1.165, 1.54) is 13.1 Å². The molecule has 0 aliphatic carbocycles. The number of rotatable bonds is 4. The standard InChI is InChI=1S/C12H15N3O3S/c1-13-12(16)8-2-3-10(11(6-8)15(17)18)14-9-4-5-19-7-9/h2-3,6,9,14H,4-5,7H2,1H3,(H,13,16). The smallest absolute Gasteiger partial charge is 0.293 e. The Hall–Kier alpha value is -1.76. The van der Waals surface area contributed by atoms with Crippen molar-refractivity contribution in [3.05, 3.63) is 33.9 Å². The molecule has 1 aliphatic heterocycles. The van der Waals surface area contributed by atoms with E-state index in [9.17, 15) is 14.9 Å². The third kappa shape index (κ3) is 3.17. The maximum Gasteiger partial charge on any atom is 0.293 e. The molecule has 19 heavy (non-hydrogen) atoms. The van der Waals surface area contributed by atoms with E-state index < -0.39 is 4.92 Å². The molecule has 2 N–H and O–H groups in total. The van der Waals surface area contributed by atoms with Crippen molar-refractivity contribution in [2.75, 3.05) is 23.9 Å². The summed E-state index contributed by atoms with van der Waals surface area (Å²) in [6.45, 7) is 0. The molecule has 1 aromatic carbocycles. The maximum absolute atomic E-state index is 11.5. The molecule has 1 amide bonds. The number of hydrogen-bond donors (Lipinski definition) is 2. The summed E-state index contributed by atoms with van der Waals surface area (Å²) in [4.78, 5) is 22.1. The van der Waals surface area contributed by atoms with Gasteiger partial charge in [-0.3, -0.25) is 14.9 Å². The molecule has 0 aromatic heterocycles. The molecule has 7 heteroatoms. The minimum absolute atomic E-state index is 0.0574. The number of nitrogens with zero attached hydrogens (tertiary/aromatic N) is 1. The average molecular weight is 281 g/mol. The minimum Gasteiger partial charge on any atom is -0.376 e. The van der Waals surface area contributed by atoms with Gasteiger partial charge in [0, 0.05) is 30.5 Å². The average Bonchev–Trinajstić information content (AvgIpc) is 2.91. The van der Waals surface area contributed by atoms with Crippen LogP contribution >= 0.6 is 11.8 Å². The second kappa shape index (κ2) is 5.92. The van der Waals surface area contributed by atoms with Crippen molar-refractivity contribution in [3.63, 3.8) is 0 Å². The summed E-state index contributed by atoms with van der Waals surface area (Å²) in [6, 6.07) is 4.76. The van der Waals surface area contributed by atoms with Crippen LogP contribution in [-0.4, -0.2) is 35.4 Å². The van der Waals surface area contributed by atoms with Crippen LogP contribution < -0.4 is 10.6 Å². The van der Waals surface area contributed by atoms with Crippen molar-refractivity contribution in [1.29, 1.82) is 0 Å². The van der Waals surface area contributed by atoms with Crippen LogP contribution in [0.5, 0.6) is 0 Å². The second-order valence-corrected chi connectivity index (χ2v) is 5.42. The van der Waals surface area contributed by atoms with Crippen molar-refractivity contribution in [2.24, 2.45) is 0 Å². The summed E-state index contributed by atoms with van der Waals surface area (Å²) in [5.74, 6) is 1.70. The van der Waals surface area contributed by atoms with Gasteiger partial charge in [0.25, 0.3) is 11.6 Å². The van der Waals surface area contributed by atoms with Crippen LogP contribution in [0.4, 0.5) is 11.4 Å². The Kier molecular flexibility index (Phi) is 4.26. The van der Waals surface area contributed by atoms with Crippen molar-refractivity contribution in [3.8, 4) is 0 Å². The van der Waals surface area contributed by atoms with Crippen LogP contribution in [0, 0.1) is 10.1 Å². The highest BCUT2D eigenvalue weighted by atomic mass is 32.2. The Morgan fingerprint density at radius 1 is 1.53 bits per heavy atom. The Balaban J connectivity index is 2.26. The number of nitrogens with one attached hydrogen (secondary N) is 2. The fourth-order valence-corrected chi connectivity index (χ4v) is 3.11. The lowest BCUT2D eigenvalue weighted by atomic mass is 10.1. The van der Waals surface area contributed by atoms with E-state index in [1.54, 1.807) is 12.1 Å². The molecular formula is C12H15N3O3S. The Morgan fingerprint density at radius 2 is 2.32 bits per heavy atom. The number of benzene rings is 1. The molecule has 0 bridgehead atoms. The molecule has 1 atom stereocenters. The quantitative estimate of drug-likeness (QED) is 0.650. The molecule has 0 radical (unpaired) electrons. The molecule has 0 spiro atoms. The largest absolute Gasteiger partial charge is 0.376 e. The number of hydrogen-bond acceptors (Lipinski definition) is 5. The van der Waals surface area contributed by atoms with Gasteiger partial charge in [0.05, 0.1) is 4.92 Å². The summed E-state index contributed by atoms with van der Waals surface area (Å²) in [6.07, 6.45) is 0.999. The zero-order chi connectivity index (χ0) is 13.8. The van der Waals surface area contributed by atoms with Gasteiger partial charge < -0.3 is 10.6 Å². The summed E-state index contributed by atoms with van der Waals surface area (Å²) in [5.41, 5.74) is 0.712. The summed E-state index contributed by atoms with van der Waals surface area (Å²) in [5, 5.41) is 16.7. The van der Waals surface area contributed by atoms with Gasteiger partial charge in [0.15, 0.2) is 0 Å². The Morgan fingerprint density at radius 3 is 2.89 bits per heavy atom. The monoisotopic (exact) mass is 281 g/mol. The molecule has 0 saturated carbocycles. The van der Waals surface area contributed by atoms with E-state index in [0.717, 1.165) is 17.9 Å². The van der Waals surface area contributed by atoms with Crippen molar-refractivity contribution in [2.45, 2.75) is 12.5 Å². The molecule has 1 aromatic rings. The van der Waals surface area contributed by atoms with E-state index in [4.69, 9.17) is 0 Å². The van der Waals surface area contributed by atoms with Gasteiger partial charge >= 0.3 is 0 Å². The summed E-state index contributed by atoms with van der Waals surface area (Å²) >= 11 is 1.83. The molecule has 1 aliphatic rings. The number of nitro benzene ring substituents is 1. The predicted octanol–water partition coefficient (Wildman–Crippen LogP) is 1.87. The van der Waals surface area contributed by atoms with Crippen molar-refractivity contribution < 1.29 is 9.72 Å². The van der Waals surface area contributed by atoms with Gasteiger partial charge in [-0.05, 0) is 24.3 Å². The highest BCUT2D eigenvalue weighted by Crippen LogP contribution is 2.29. The van der Waals surface area contributed by atoms with Crippen molar-refractivity contribution >= 4 is 29.0 Å². The van der Waals surface area contributed by atoms with Crippen LogP contribution in [0.15, 0.2) is 18.2 Å². The number of anilines is 1. The van der Waals surface area contributed by atoms with E-state index in [1.807, 2.05) is 11.8 Å². The lowest BCUT2D eigenvalue weighted by molar-refractivity contribution is -0.384. The third-order valence-electron chi connectivity index (χ3n) is 2.97. The first-order valence-electron chi connectivity index (χ1n) is 5.96. The minimum atomic E-state index is -0.461. The van der Waals surface area contributed by atoms with E-state index >= 15 is 0 Å². The van der Waals surface area contributed by atoms with Crippen LogP contribution in [0.25, 0.3) is 0 Å². The highest BCUT2D eigenvalue weighted by Gasteiger charge is 2.21. The van der Waals surface area contributed by atoms with E-state index in [0.29, 0.717) is 11.3 Å². The van der Waals surface area contributed by atoms with E-state index in [2.05, 4.69) is 10.6 Å². The fraction of sp³-hybridized carbons (Fsp3) is 0.417. The topological polar surface area (TPSA) is 84.3 Å². The fourth-order valence-electron chi connectivity index (χ4n) is 1.96. The molecule has 2 rings (SSSR count). The summed E-state index contributed by atoms with van der Waals surface area (Å²) in [7, 11) is 1.50. The molecule has 1 fully saturated rings. The van der Waals surface area contributed by atoms with Gasteiger partial charge in [-0.2, -0.15) is 11.8 Å². The SMILES string of the molecule is CNC(=O)c1ccc(NC2CCSC2)c([N+](=O)[O-])c1. The first-order chi connectivity index (χ1) is 9.11. The lowest BCUT2D eigenvalue weighted by Gasteiger charge is -2.13. The van der Waals surface area contributed by atoms with Crippen molar-refractivity contribution in [1.82, 2.24) is 5.32 Å². The van der Waals surface area contributed by atoms with Crippen LogP contribution in [0.2, 0.25) is 0 Å². The number of carbonyl (C=O) groups excluding carboxylic acids is 1. The summed E-state index contributed by atoms with van der Waals surface area (Å²) < 4.78 is 0. The molecule has 1 unspecified atom stereocenters. The molecule has 6 nitrogen and oxygen atoms in total. The zero-order valence-electron chi connectivity index (χ0n) is 10.5. The number of amides is 1. The predicted molar refractivity (Wildman–Crippen MR) is 75.8 cm³/mol. The van der Waals surface area contributed by atoms with Crippen LogP contribution in [0.1, 0.15) is 16.8 Å². The molecular weight excluding hydrogens is 266 g/mol. The molecule has 102 valence electrons. The van der Waals surface area contributed by atoms with Gasteiger partial charge in [-0.15, -0.1) is 0 Å². The number of nitro groups is 1. The van der Waals surface area contributed by atoms with Gasteiger partial charge in [-0.25, -0.2) is 0 Å². The normalized spacial score (nSPS) is 18.1. The van der Waals surface area contributed by atoms with Gasteiger partial charge in [-0.1, -0.05) is 0 Å². The Labute approximate surface area is 115 Å². The van der Waals surface area contributed by atoms with Crippen LogP contribution in [0.3, 0.4) is 0 Å². The molecule has 1 heterocycles.